The Hall–Kier alpha value is -2.47. The van der Waals surface area contributed by atoms with Gasteiger partial charge < -0.3 is 9.47 Å². The van der Waals surface area contributed by atoms with Crippen molar-refractivity contribution in [3.8, 4) is 5.75 Å². The predicted molar refractivity (Wildman–Crippen MR) is 115 cm³/mol. The van der Waals surface area contributed by atoms with Gasteiger partial charge in [0.2, 0.25) is 0 Å². The Morgan fingerprint density at radius 2 is 1.79 bits per heavy atom. The van der Waals surface area contributed by atoms with Crippen molar-refractivity contribution >= 4 is 58.4 Å². The van der Waals surface area contributed by atoms with Gasteiger partial charge in [-0.3, -0.25) is 9.69 Å². The fraction of sp³-hybridized carbons (Fsp3) is 0.143. The number of allylic oxidation sites excluding steroid dienone is 1. The van der Waals surface area contributed by atoms with E-state index in [0.717, 1.165) is 0 Å². The van der Waals surface area contributed by atoms with E-state index in [4.69, 9.17) is 44.3 Å². The molecule has 0 bridgehead atoms. The third-order valence-corrected chi connectivity index (χ3v) is 5.59. The summed E-state index contributed by atoms with van der Waals surface area (Å²) >= 11 is 18.6. The first-order valence-corrected chi connectivity index (χ1v) is 9.56. The highest BCUT2D eigenvalue weighted by Gasteiger charge is 2.38. The van der Waals surface area contributed by atoms with Crippen LogP contribution in [0, 0.1) is 0 Å². The third-order valence-electron chi connectivity index (χ3n) is 4.46. The zero-order chi connectivity index (χ0) is 21.3. The molecule has 5 nitrogen and oxygen atoms in total. The molecule has 8 heteroatoms. The number of benzene rings is 2. The molecular weight excluding hydrogens is 437 g/mol. The van der Waals surface area contributed by atoms with Crippen molar-refractivity contribution in [2.75, 3.05) is 19.1 Å². The third kappa shape index (κ3) is 3.86. The highest BCUT2D eigenvalue weighted by atomic mass is 35.5. The summed E-state index contributed by atoms with van der Waals surface area (Å²) < 4.78 is 10.1. The SMILES string of the molecule is COC(=O)C1=C(C)N(c2ccc(OC)c(Cl)c2)C(=O)/C1=C\c1cccc(Cl)c1Cl. The van der Waals surface area contributed by atoms with Crippen molar-refractivity contribution < 1.29 is 19.1 Å². The van der Waals surface area contributed by atoms with Crippen LogP contribution >= 0.6 is 34.8 Å². The van der Waals surface area contributed by atoms with Gasteiger partial charge in [0.05, 0.1) is 46.1 Å². The Morgan fingerprint density at radius 1 is 1.07 bits per heavy atom. The molecule has 2 aromatic carbocycles. The topological polar surface area (TPSA) is 55.8 Å². The number of rotatable bonds is 4. The molecule has 0 aromatic heterocycles. The molecule has 150 valence electrons. The average Bonchev–Trinajstić information content (AvgIpc) is 2.94. The van der Waals surface area contributed by atoms with Crippen LogP contribution in [0.1, 0.15) is 12.5 Å². The summed E-state index contributed by atoms with van der Waals surface area (Å²) in [6, 6.07) is 9.95. The monoisotopic (exact) mass is 451 g/mol. The molecule has 0 saturated carbocycles. The lowest BCUT2D eigenvalue weighted by Gasteiger charge is -2.19. The number of amides is 1. The second-order valence-corrected chi connectivity index (χ2v) is 7.30. The summed E-state index contributed by atoms with van der Waals surface area (Å²) in [5.74, 6) is -0.583. The van der Waals surface area contributed by atoms with Gasteiger partial charge in [-0.2, -0.15) is 0 Å². The fourth-order valence-electron chi connectivity index (χ4n) is 3.07. The van der Waals surface area contributed by atoms with Crippen LogP contribution in [0.2, 0.25) is 15.1 Å². The standard InChI is InChI=1S/C21H16Cl3NO4/c1-11-18(21(27)29-3)14(9-12-5-4-6-15(22)19(12)24)20(26)25(11)13-7-8-17(28-2)16(23)10-13/h4-10H,1-3H3/b14-9-. The zero-order valence-corrected chi connectivity index (χ0v) is 18.0. The maximum absolute atomic E-state index is 13.3. The molecule has 1 heterocycles. The molecule has 0 unspecified atom stereocenters. The number of esters is 1. The molecule has 1 aliphatic rings. The molecule has 0 aliphatic carbocycles. The second kappa shape index (κ2) is 8.49. The first-order valence-electron chi connectivity index (χ1n) is 8.43. The number of ether oxygens (including phenoxy) is 2. The lowest BCUT2D eigenvalue weighted by atomic mass is 10.0. The van der Waals surface area contributed by atoms with E-state index in [1.54, 1.807) is 43.3 Å². The molecule has 3 rings (SSSR count). The van der Waals surface area contributed by atoms with Crippen LogP contribution in [0.4, 0.5) is 5.69 Å². The predicted octanol–water partition coefficient (Wildman–Crippen LogP) is 5.53. The van der Waals surface area contributed by atoms with E-state index in [0.29, 0.717) is 32.7 Å². The maximum atomic E-state index is 13.3. The highest BCUT2D eigenvalue weighted by Crippen LogP contribution is 2.39. The van der Waals surface area contributed by atoms with Crippen molar-refractivity contribution in [1.82, 2.24) is 0 Å². The van der Waals surface area contributed by atoms with E-state index in [1.807, 2.05) is 0 Å². The van der Waals surface area contributed by atoms with Gasteiger partial charge in [-0.25, -0.2) is 4.79 Å². The Morgan fingerprint density at radius 3 is 2.41 bits per heavy atom. The van der Waals surface area contributed by atoms with E-state index in [-0.39, 0.29) is 16.2 Å². The molecule has 2 aromatic rings. The van der Waals surface area contributed by atoms with E-state index in [1.165, 1.54) is 25.2 Å². The van der Waals surface area contributed by atoms with Crippen molar-refractivity contribution in [3.05, 3.63) is 73.9 Å². The zero-order valence-electron chi connectivity index (χ0n) is 15.8. The summed E-state index contributed by atoms with van der Waals surface area (Å²) in [4.78, 5) is 27.1. The summed E-state index contributed by atoms with van der Waals surface area (Å²) in [6.07, 6.45) is 1.53. The smallest absolute Gasteiger partial charge is 0.340 e. The Kier molecular flexibility index (Phi) is 6.22. The number of anilines is 1. The first kappa shape index (κ1) is 21.2. The van der Waals surface area contributed by atoms with Crippen LogP contribution in [0.5, 0.6) is 5.75 Å². The average molecular weight is 453 g/mol. The van der Waals surface area contributed by atoms with Gasteiger partial charge in [0.1, 0.15) is 5.75 Å². The molecule has 1 amide bonds. The highest BCUT2D eigenvalue weighted by molar-refractivity contribution is 6.43. The Bertz CT molecular complexity index is 1080. The van der Waals surface area contributed by atoms with Gasteiger partial charge in [-0.05, 0) is 42.8 Å². The Balaban J connectivity index is 2.17. The normalized spacial score (nSPS) is 15.3. The van der Waals surface area contributed by atoms with Gasteiger partial charge in [0.25, 0.3) is 5.91 Å². The first-order chi connectivity index (χ1) is 13.8. The van der Waals surface area contributed by atoms with E-state index < -0.39 is 11.9 Å². The fourth-order valence-corrected chi connectivity index (χ4v) is 3.69. The van der Waals surface area contributed by atoms with E-state index in [2.05, 4.69) is 0 Å². The molecule has 1 aliphatic heterocycles. The van der Waals surface area contributed by atoms with Crippen LogP contribution in [-0.2, 0) is 14.3 Å². The number of hydrogen-bond donors (Lipinski definition) is 0. The van der Waals surface area contributed by atoms with Gasteiger partial charge in [0.15, 0.2) is 0 Å². The van der Waals surface area contributed by atoms with Crippen molar-refractivity contribution in [2.24, 2.45) is 0 Å². The number of nitrogens with zero attached hydrogens (tertiary/aromatic N) is 1. The number of halogens is 3. The van der Waals surface area contributed by atoms with Crippen LogP contribution in [0.25, 0.3) is 6.08 Å². The largest absolute Gasteiger partial charge is 0.495 e. The maximum Gasteiger partial charge on any atom is 0.340 e. The number of carbonyl (C=O) groups is 2. The minimum absolute atomic E-state index is 0.139. The lowest BCUT2D eigenvalue weighted by Crippen LogP contribution is -2.24. The molecule has 0 N–H and O–H groups in total. The minimum Gasteiger partial charge on any atom is -0.495 e. The van der Waals surface area contributed by atoms with Crippen molar-refractivity contribution in [2.45, 2.75) is 6.92 Å². The van der Waals surface area contributed by atoms with Crippen LogP contribution in [0.3, 0.4) is 0 Å². The minimum atomic E-state index is -0.637. The number of methoxy groups -OCH3 is 2. The molecule has 0 radical (unpaired) electrons. The molecule has 0 saturated heterocycles. The molecule has 0 fully saturated rings. The van der Waals surface area contributed by atoms with Crippen LogP contribution in [-0.4, -0.2) is 26.1 Å². The second-order valence-electron chi connectivity index (χ2n) is 6.11. The lowest BCUT2D eigenvalue weighted by molar-refractivity contribution is -0.136. The molecule has 0 atom stereocenters. The number of hydrogen-bond acceptors (Lipinski definition) is 4. The van der Waals surface area contributed by atoms with Crippen LogP contribution < -0.4 is 9.64 Å². The molecule has 29 heavy (non-hydrogen) atoms. The van der Waals surface area contributed by atoms with Gasteiger partial charge in [0, 0.05) is 5.70 Å². The van der Waals surface area contributed by atoms with E-state index >= 15 is 0 Å². The number of carbonyl (C=O) groups excluding carboxylic acids is 2. The summed E-state index contributed by atoms with van der Waals surface area (Å²) in [5, 5.41) is 0.952. The van der Waals surface area contributed by atoms with Crippen LogP contribution in [0.15, 0.2) is 53.2 Å². The van der Waals surface area contributed by atoms with Gasteiger partial charge in [-0.15, -0.1) is 0 Å². The summed E-state index contributed by atoms with van der Waals surface area (Å²) in [6.45, 7) is 1.66. The van der Waals surface area contributed by atoms with Gasteiger partial charge in [-0.1, -0.05) is 46.9 Å². The van der Waals surface area contributed by atoms with E-state index in [9.17, 15) is 9.59 Å². The Labute approximate surface area is 183 Å². The summed E-state index contributed by atoms with van der Waals surface area (Å²) in [5.41, 5.74) is 1.69. The van der Waals surface area contributed by atoms with Gasteiger partial charge >= 0.3 is 5.97 Å². The summed E-state index contributed by atoms with van der Waals surface area (Å²) in [7, 11) is 2.75. The van der Waals surface area contributed by atoms with Crippen molar-refractivity contribution in [1.29, 1.82) is 0 Å². The van der Waals surface area contributed by atoms with Crippen molar-refractivity contribution in [3.63, 3.8) is 0 Å². The molecular formula is C21H16Cl3NO4. The molecule has 0 spiro atoms. The quantitative estimate of drug-likeness (QED) is 0.452.